The molecule has 1 atom stereocenters. The van der Waals surface area contributed by atoms with Gasteiger partial charge in [-0.3, -0.25) is 0 Å². The fraction of sp³-hybridized carbons (Fsp3) is 0.538. The summed E-state index contributed by atoms with van der Waals surface area (Å²) in [5.41, 5.74) is 1.28. The third-order valence-electron chi connectivity index (χ3n) is 3.09. The Labute approximate surface area is 106 Å². The van der Waals surface area contributed by atoms with Crippen molar-refractivity contribution < 1.29 is 0 Å². The molecular weight excluding hydrogens is 272 g/mol. The number of benzene rings is 1. The summed E-state index contributed by atoms with van der Waals surface area (Å²) in [6.45, 7) is 4.50. The van der Waals surface area contributed by atoms with Gasteiger partial charge in [-0.1, -0.05) is 72.4 Å². The standard InChI is InChI=1S/C13H18BrCl/c1-3-10(4-2)12(9-14)11-7-5-6-8-13(11)15/h5-8,10,12H,3-4,9H2,1-2H3. The first kappa shape index (κ1) is 13.1. The van der Waals surface area contributed by atoms with Gasteiger partial charge in [-0.15, -0.1) is 0 Å². The van der Waals surface area contributed by atoms with Crippen LogP contribution in [-0.4, -0.2) is 5.33 Å². The Morgan fingerprint density at radius 3 is 2.27 bits per heavy atom. The van der Waals surface area contributed by atoms with Crippen molar-refractivity contribution in [2.75, 3.05) is 5.33 Å². The highest BCUT2D eigenvalue weighted by Crippen LogP contribution is 2.34. The first-order valence-corrected chi connectivity index (χ1v) is 7.04. The molecule has 1 aromatic rings. The molecule has 0 aliphatic rings. The van der Waals surface area contributed by atoms with Crippen LogP contribution in [0.1, 0.15) is 38.2 Å². The SMILES string of the molecule is CCC(CC)C(CBr)c1ccccc1Cl. The van der Waals surface area contributed by atoms with Gasteiger partial charge in [0.15, 0.2) is 0 Å². The highest BCUT2D eigenvalue weighted by Gasteiger charge is 2.20. The van der Waals surface area contributed by atoms with Crippen LogP contribution in [0.25, 0.3) is 0 Å². The van der Waals surface area contributed by atoms with E-state index >= 15 is 0 Å². The number of halogens is 2. The molecule has 0 saturated carbocycles. The molecule has 0 bridgehead atoms. The lowest BCUT2D eigenvalue weighted by atomic mass is 9.84. The van der Waals surface area contributed by atoms with Crippen molar-refractivity contribution in [3.8, 4) is 0 Å². The molecule has 0 fully saturated rings. The number of hydrogen-bond donors (Lipinski definition) is 0. The van der Waals surface area contributed by atoms with Crippen LogP contribution in [0.5, 0.6) is 0 Å². The number of alkyl halides is 1. The zero-order valence-electron chi connectivity index (χ0n) is 9.34. The minimum atomic E-state index is 0.536. The number of rotatable bonds is 5. The summed E-state index contributed by atoms with van der Waals surface area (Å²) in [5.74, 6) is 1.25. The quantitative estimate of drug-likeness (QED) is 0.649. The molecule has 2 heteroatoms. The summed E-state index contributed by atoms with van der Waals surface area (Å²) in [5, 5.41) is 1.89. The minimum absolute atomic E-state index is 0.536. The van der Waals surface area contributed by atoms with Crippen molar-refractivity contribution >= 4 is 27.5 Å². The maximum Gasteiger partial charge on any atom is 0.0441 e. The zero-order valence-corrected chi connectivity index (χ0v) is 11.7. The highest BCUT2D eigenvalue weighted by atomic mass is 79.9. The molecule has 0 aromatic heterocycles. The van der Waals surface area contributed by atoms with Gasteiger partial charge in [0.2, 0.25) is 0 Å². The molecule has 0 N–H and O–H groups in total. The molecule has 15 heavy (non-hydrogen) atoms. The van der Waals surface area contributed by atoms with Gasteiger partial charge in [0.1, 0.15) is 0 Å². The summed E-state index contributed by atoms with van der Waals surface area (Å²) in [4.78, 5) is 0. The van der Waals surface area contributed by atoms with Gasteiger partial charge in [-0.05, 0) is 23.5 Å². The second-order valence-corrected chi connectivity index (χ2v) is 4.91. The maximum absolute atomic E-state index is 6.23. The van der Waals surface area contributed by atoms with E-state index < -0.39 is 0 Å². The maximum atomic E-state index is 6.23. The third kappa shape index (κ3) is 3.22. The van der Waals surface area contributed by atoms with E-state index in [1.165, 1.54) is 18.4 Å². The lowest BCUT2D eigenvalue weighted by Gasteiger charge is -2.24. The molecule has 0 amide bonds. The van der Waals surface area contributed by atoms with Crippen LogP contribution in [0.3, 0.4) is 0 Å². The predicted molar refractivity (Wildman–Crippen MR) is 72.1 cm³/mol. The monoisotopic (exact) mass is 288 g/mol. The highest BCUT2D eigenvalue weighted by molar-refractivity contribution is 9.09. The van der Waals surface area contributed by atoms with Crippen LogP contribution in [0.2, 0.25) is 5.02 Å². The van der Waals surface area contributed by atoms with Crippen LogP contribution in [0, 0.1) is 5.92 Å². The average Bonchev–Trinajstić information content (AvgIpc) is 2.27. The molecule has 1 aromatic carbocycles. The van der Waals surface area contributed by atoms with Crippen molar-refractivity contribution in [2.24, 2.45) is 5.92 Å². The molecule has 0 heterocycles. The summed E-state index contributed by atoms with van der Waals surface area (Å²) < 4.78 is 0. The van der Waals surface area contributed by atoms with E-state index in [1.54, 1.807) is 0 Å². The van der Waals surface area contributed by atoms with Gasteiger partial charge in [-0.2, -0.15) is 0 Å². The van der Waals surface area contributed by atoms with Crippen molar-refractivity contribution in [3.05, 3.63) is 34.9 Å². The first-order chi connectivity index (χ1) is 7.24. The average molecular weight is 290 g/mol. The molecule has 84 valence electrons. The van der Waals surface area contributed by atoms with E-state index in [1.807, 2.05) is 12.1 Å². The Morgan fingerprint density at radius 2 is 1.80 bits per heavy atom. The van der Waals surface area contributed by atoms with Gasteiger partial charge in [-0.25, -0.2) is 0 Å². The molecule has 0 aliphatic heterocycles. The summed E-state index contributed by atoms with van der Waals surface area (Å²) in [7, 11) is 0. The molecule has 0 nitrogen and oxygen atoms in total. The first-order valence-electron chi connectivity index (χ1n) is 5.54. The van der Waals surface area contributed by atoms with Crippen molar-refractivity contribution in [3.63, 3.8) is 0 Å². The Balaban J connectivity index is 2.96. The fourth-order valence-electron chi connectivity index (χ4n) is 2.10. The van der Waals surface area contributed by atoms with E-state index in [-0.39, 0.29) is 0 Å². The van der Waals surface area contributed by atoms with Crippen LogP contribution in [-0.2, 0) is 0 Å². The summed E-state index contributed by atoms with van der Waals surface area (Å²) >= 11 is 9.85. The van der Waals surface area contributed by atoms with Crippen molar-refractivity contribution in [1.29, 1.82) is 0 Å². The van der Waals surface area contributed by atoms with Gasteiger partial charge < -0.3 is 0 Å². The summed E-state index contributed by atoms with van der Waals surface area (Å²) in [6.07, 6.45) is 2.41. The number of hydrogen-bond acceptors (Lipinski definition) is 0. The topological polar surface area (TPSA) is 0 Å². The van der Waals surface area contributed by atoms with Crippen molar-refractivity contribution in [1.82, 2.24) is 0 Å². The Kier molecular flexibility index (Phi) is 5.70. The van der Waals surface area contributed by atoms with Crippen LogP contribution in [0.4, 0.5) is 0 Å². The lowest BCUT2D eigenvalue weighted by molar-refractivity contribution is 0.425. The van der Waals surface area contributed by atoms with E-state index in [0.29, 0.717) is 11.8 Å². The third-order valence-corrected chi connectivity index (χ3v) is 4.13. The predicted octanol–water partition coefficient (Wildman–Crippen LogP) is 5.25. The van der Waals surface area contributed by atoms with Gasteiger partial charge in [0, 0.05) is 10.4 Å². The minimum Gasteiger partial charge on any atom is -0.0921 e. The Morgan fingerprint density at radius 1 is 1.20 bits per heavy atom. The van der Waals surface area contributed by atoms with Crippen LogP contribution in [0.15, 0.2) is 24.3 Å². The van der Waals surface area contributed by atoms with Gasteiger partial charge in [0.25, 0.3) is 0 Å². The molecule has 0 saturated heterocycles. The summed E-state index contributed by atoms with van der Waals surface area (Å²) in [6, 6.07) is 8.19. The largest absolute Gasteiger partial charge is 0.0921 e. The van der Waals surface area contributed by atoms with E-state index in [4.69, 9.17) is 11.6 Å². The zero-order chi connectivity index (χ0) is 11.3. The second kappa shape index (κ2) is 6.55. The smallest absolute Gasteiger partial charge is 0.0441 e. The Bertz CT molecular complexity index is 294. The molecule has 0 spiro atoms. The van der Waals surface area contributed by atoms with Crippen LogP contribution < -0.4 is 0 Å². The normalized spacial score (nSPS) is 13.1. The molecular formula is C13H18BrCl. The van der Waals surface area contributed by atoms with Gasteiger partial charge >= 0.3 is 0 Å². The van der Waals surface area contributed by atoms with Crippen molar-refractivity contribution in [2.45, 2.75) is 32.6 Å². The molecule has 0 radical (unpaired) electrons. The van der Waals surface area contributed by atoms with Gasteiger partial charge in [0.05, 0.1) is 0 Å². The molecule has 0 aliphatic carbocycles. The molecule has 1 rings (SSSR count). The Hall–Kier alpha value is -0.0100. The lowest BCUT2D eigenvalue weighted by Crippen LogP contribution is -2.13. The van der Waals surface area contributed by atoms with E-state index in [9.17, 15) is 0 Å². The second-order valence-electron chi connectivity index (χ2n) is 3.86. The van der Waals surface area contributed by atoms with Crippen LogP contribution >= 0.6 is 27.5 Å². The fourth-order valence-corrected chi connectivity index (χ4v) is 3.25. The van der Waals surface area contributed by atoms with E-state index in [2.05, 4.69) is 41.9 Å². The van der Waals surface area contributed by atoms with E-state index in [0.717, 1.165) is 10.4 Å². The molecule has 1 unspecified atom stereocenters.